The SMILES string of the molecule is O=C(c1cccc(F)n1)N1CCCC1. The molecule has 1 aliphatic heterocycles. The van der Waals surface area contributed by atoms with Crippen molar-refractivity contribution in [2.75, 3.05) is 13.1 Å². The molecule has 74 valence electrons. The van der Waals surface area contributed by atoms with E-state index in [9.17, 15) is 9.18 Å². The third-order valence-corrected chi connectivity index (χ3v) is 2.33. The number of hydrogen-bond donors (Lipinski definition) is 0. The van der Waals surface area contributed by atoms with Crippen molar-refractivity contribution in [1.82, 2.24) is 9.88 Å². The van der Waals surface area contributed by atoms with Crippen molar-refractivity contribution in [3.05, 3.63) is 29.8 Å². The molecule has 0 unspecified atom stereocenters. The Morgan fingerprint density at radius 3 is 2.71 bits per heavy atom. The summed E-state index contributed by atoms with van der Waals surface area (Å²) in [5.74, 6) is -0.767. The van der Waals surface area contributed by atoms with Gasteiger partial charge in [0.05, 0.1) is 0 Å². The van der Waals surface area contributed by atoms with E-state index in [1.54, 1.807) is 11.0 Å². The predicted octanol–water partition coefficient (Wildman–Crippen LogP) is 1.46. The van der Waals surface area contributed by atoms with Crippen molar-refractivity contribution in [2.45, 2.75) is 12.8 Å². The zero-order valence-corrected chi connectivity index (χ0v) is 7.74. The highest BCUT2D eigenvalue weighted by atomic mass is 19.1. The van der Waals surface area contributed by atoms with Gasteiger partial charge in [0.15, 0.2) is 0 Å². The Morgan fingerprint density at radius 1 is 1.36 bits per heavy atom. The standard InChI is InChI=1S/C10H11FN2O/c11-9-5-3-4-8(12-9)10(14)13-6-1-2-7-13/h3-5H,1-2,6-7H2. The molecule has 0 atom stereocenters. The predicted molar refractivity (Wildman–Crippen MR) is 49.3 cm³/mol. The molecule has 0 spiro atoms. The average Bonchev–Trinajstić information content (AvgIpc) is 2.69. The highest BCUT2D eigenvalue weighted by Crippen LogP contribution is 2.11. The number of aromatic nitrogens is 1. The minimum Gasteiger partial charge on any atom is -0.337 e. The van der Waals surface area contributed by atoms with Crippen LogP contribution in [0.25, 0.3) is 0 Å². The van der Waals surface area contributed by atoms with Gasteiger partial charge >= 0.3 is 0 Å². The molecule has 2 rings (SSSR count). The van der Waals surface area contributed by atoms with Gasteiger partial charge < -0.3 is 4.90 Å². The summed E-state index contributed by atoms with van der Waals surface area (Å²) in [6.45, 7) is 1.52. The minimum atomic E-state index is -0.602. The molecule has 4 heteroatoms. The van der Waals surface area contributed by atoms with Crippen molar-refractivity contribution >= 4 is 5.91 Å². The fraction of sp³-hybridized carbons (Fsp3) is 0.400. The first-order valence-electron chi connectivity index (χ1n) is 4.69. The number of hydrogen-bond acceptors (Lipinski definition) is 2. The molecule has 1 aliphatic rings. The van der Waals surface area contributed by atoms with Crippen molar-refractivity contribution in [1.29, 1.82) is 0 Å². The molecule has 0 bridgehead atoms. The van der Waals surface area contributed by atoms with Crippen LogP contribution in [0.3, 0.4) is 0 Å². The second-order valence-corrected chi connectivity index (χ2v) is 3.34. The molecule has 0 N–H and O–H groups in total. The summed E-state index contributed by atoms with van der Waals surface area (Å²) in [5.41, 5.74) is 0.201. The van der Waals surface area contributed by atoms with E-state index in [0.717, 1.165) is 25.9 Å². The maximum absolute atomic E-state index is 12.7. The van der Waals surface area contributed by atoms with Gasteiger partial charge in [0.1, 0.15) is 5.69 Å². The average molecular weight is 194 g/mol. The normalized spacial score (nSPS) is 15.9. The van der Waals surface area contributed by atoms with Crippen molar-refractivity contribution < 1.29 is 9.18 Å². The zero-order valence-electron chi connectivity index (χ0n) is 7.74. The third-order valence-electron chi connectivity index (χ3n) is 2.33. The molecule has 0 aliphatic carbocycles. The van der Waals surface area contributed by atoms with Crippen LogP contribution in [0.5, 0.6) is 0 Å². The van der Waals surface area contributed by atoms with Gasteiger partial charge in [-0.3, -0.25) is 4.79 Å². The molecule has 1 amide bonds. The Hall–Kier alpha value is -1.45. The Kier molecular flexibility index (Phi) is 2.43. The lowest BCUT2D eigenvalue weighted by Gasteiger charge is -2.13. The number of halogens is 1. The van der Waals surface area contributed by atoms with E-state index in [1.165, 1.54) is 12.1 Å². The van der Waals surface area contributed by atoms with Crippen LogP contribution in [0.4, 0.5) is 4.39 Å². The van der Waals surface area contributed by atoms with E-state index in [2.05, 4.69) is 4.98 Å². The van der Waals surface area contributed by atoms with Crippen LogP contribution in [0.2, 0.25) is 0 Å². The summed E-state index contributed by atoms with van der Waals surface area (Å²) >= 11 is 0. The first kappa shape index (κ1) is 9.12. The summed E-state index contributed by atoms with van der Waals surface area (Å²) in [5, 5.41) is 0. The molecule has 0 saturated carbocycles. The lowest BCUT2D eigenvalue weighted by atomic mass is 10.3. The van der Waals surface area contributed by atoms with E-state index in [0.29, 0.717) is 0 Å². The highest BCUT2D eigenvalue weighted by molar-refractivity contribution is 5.92. The fourth-order valence-electron chi connectivity index (χ4n) is 1.61. The van der Waals surface area contributed by atoms with Crippen molar-refractivity contribution in [3.63, 3.8) is 0 Å². The maximum Gasteiger partial charge on any atom is 0.272 e. The van der Waals surface area contributed by atoms with E-state index in [1.807, 2.05) is 0 Å². The summed E-state index contributed by atoms with van der Waals surface area (Å²) in [7, 11) is 0. The van der Waals surface area contributed by atoms with Gasteiger partial charge in [-0.1, -0.05) is 6.07 Å². The maximum atomic E-state index is 12.7. The summed E-state index contributed by atoms with van der Waals surface area (Å²) < 4.78 is 12.7. The largest absolute Gasteiger partial charge is 0.337 e. The van der Waals surface area contributed by atoms with Crippen LogP contribution in [-0.4, -0.2) is 28.9 Å². The number of likely N-dealkylation sites (tertiary alicyclic amines) is 1. The molecule has 1 aromatic rings. The summed E-state index contributed by atoms with van der Waals surface area (Å²) in [6, 6.07) is 4.29. The van der Waals surface area contributed by atoms with E-state index < -0.39 is 5.95 Å². The highest BCUT2D eigenvalue weighted by Gasteiger charge is 2.20. The van der Waals surface area contributed by atoms with Gasteiger partial charge in [-0.2, -0.15) is 4.39 Å². The van der Waals surface area contributed by atoms with Crippen molar-refractivity contribution in [3.8, 4) is 0 Å². The van der Waals surface area contributed by atoms with Gasteiger partial charge in [0, 0.05) is 13.1 Å². The van der Waals surface area contributed by atoms with Crippen molar-refractivity contribution in [2.24, 2.45) is 0 Å². The lowest BCUT2D eigenvalue weighted by Crippen LogP contribution is -2.28. The first-order chi connectivity index (χ1) is 6.77. The molecule has 1 saturated heterocycles. The molecule has 2 heterocycles. The second kappa shape index (κ2) is 3.74. The molecular weight excluding hydrogens is 183 g/mol. The van der Waals surface area contributed by atoms with Crippen LogP contribution in [-0.2, 0) is 0 Å². The van der Waals surface area contributed by atoms with Gasteiger partial charge in [-0.05, 0) is 25.0 Å². The van der Waals surface area contributed by atoms with Crippen LogP contribution in [0.1, 0.15) is 23.3 Å². The Balaban J connectivity index is 2.17. The van der Waals surface area contributed by atoms with E-state index >= 15 is 0 Å². The van der Waals surface area contributed by atoms with Gasteiger partial charge in [0.25, 0.3) is 5.91 Å². The van der Waals surface area contributed by atoms with Gasteiger partial charge in [-0.15, -0.1) is 0 Å². The van der Waals surface area contributed by atoms with Crippen LogP contribution >= 0.6 is 0 Å². The quantitative estimate of drug-likeness (QED) is 0.634. The Bertz CT molecular complexity index is 348. The molecular formula is C10H11FN2O. The summed E-state index contributed by atoms with van der Waals surface area (Å²) in [4.78, 5) is 17.0. The zero-order chi connectivity index (χ0) is 9.97. The number of pyridine rings is 1. The molecule has 14 heavy (non-hydrogen) atoms. The molecule has 1 fully saturated rings. The van der Waals surface area contributed by atoms with Crippen LogP contribution in [0, 0.1) is 5.95 Å². The number of carbonyl (C=O) groups excluding carboxylic acids is 1. The number of nitrogens with zero attached hydrogens (tertiary/aromatic N) is 2. The van der Waals surface area contributed by atoms with Crippen LogP contribution < -0.4 is 0 Å². The first-order valence-corrected chi connectivity index (χ1v) is 4.69. The minimum absolute atomic E-state index is 0.165. The van der Waals surface area contributed by atoms with E-state index in [-0.39, 0.29) is 11.6 Å². The smallest absolute Gasteiger partial charge is 0.272 e. The summed E-state index contributed by atoms with van der Waals surface area (Å²) in [6.07, 6.45) is 2.06. The number of rotatable bonds is 1. The molecule has 0 aromatic carbocycles. The van der Waals surface area contributed by atoms with E-state index in [4.69, 9.17) is 0 Å². The van der Waals surface area contributed by atoms with Crippen LogP contribution in [0.15, 0.2) is 18.2 Å². The Labute approximate surface area is 81.6 Å². The second-order valence-electron chi connectivity index (χ2n) is 3.34. The van der Waals surface area contributed by atoms with Gasteiger partial charge in [0.2, 0.25) is 5.95 Å². The molecule has 3 nitrogen and oxygen atoms in total. The van der Waals surface area contributed by atoms with Gasteiger partial charge in [-0.25, -0.2) is 4.98 Å². The Morgan fingerprint density at radius 2 is 2.07 bits per heavy atom. The lowest BCUT2D eigenvalue weighted by molar-refractivity contribution is 0.0786. The number of amides is 1. The number of carbonyl (C=O) groups is 1. The third kappa shape index (κ3) is 1.73. The topological polar surface area (TPSA) is 33.2 Å². The molecule has 0 radical (unpaired) electrons. The monoisotopic (exact) mass is 194 g/mol. The molecule has 1 aromatic heterocycles. The fourth-order valence-corrected chi connectivity index (χ4v) is 1.61.